The normalized spacial score (nSPS) is 19.7. The molecule has 5 heteroatoms. The first-order chi connectivity index (χ1) is 8.29. The smallest absolute Gasteiger partial charge is 0.242 e. The predicted octanol–water partition coefficient (Wildman–Crippen LogP) is 1.17. The molecule has 0 spiro atoms. The van der Waals surface area contributed by atoms with Crippen LogP contribution in [0.4, 0.5) is 5.82 Å². The number of ether oxygens (including phenoxy) is 1. The molecule has 1 unspecified atom stereocenters. The van der Waals surface area contributed by atoms with Crippen LogP contribution in [0.15, 0.2) is 18.2 Å². The molecule has 1 saturated heterocycles. The van der Waals surface area contributed by atoms with Crippen molar-refractivity contribution in [1.29, 1.82) is 0 Å². The Labute approximate surface area is 101 Å². The predicted molar refractivity (Wildman–Crippen MR) is 65.1 cm³/mol. The highest BCUT2D eigenvalue weighted by Crippen LogP contribution is 2.13. The monoisotopic (exact) mass is 235 g/mol. The van der Waals surface area contributed by atoms with Gasteiger partial charge in [-0.1, -0.05) is 12.5 Å². The maximum atomic E-state index is 11.9. The van der Waals surface area contributed by atoms with E-state index in [2.05, 4.69) is 15.6 Å². The number of nitrogens with zero attached hydrogens (tertiary/aromatic N) is 1. The number of nitrogens with one attached hydrogen (secondary N) is 2. The van der Waals surface area contributed by atoms with Crippen molar-refractivity contribution in [3.8, 4) is 5.88 Å². The number of pyridine rings is 1. The minimum absolute atomic E-state index is 0.0227. The second-order valence-corrected chi connectivity index (χ2v) is 4.06. The number of methoxy groups -OCH3 is 1. The van der Waals surface area contributed by atoms with Crippen LogP contribution >= 0.6 is 0 Å². The van der Waals surface area contributed by atoms with Crippen LogP contribution in [0.3, 0.4) is 0 Å². The number of rotatable bonds is 3. The van der Waals surface area contributed by atoms with Crippen LogP contribution in [-0.4, -0.2) is 30.6 Å². The summed E-state index contributed by atoms with van der Waals surface area (Å²) in [5.74, 6) is 1.01. The van der Waals surface area contributed by atoms with Gasteiger partial charge >= 0.3 is 0 Å². The lowest BCUT2D eigenvalue weighted by Gasteiger charge is -2.22. The molecular formula is C12H17N3O2. The third-order valence-corrected chi connectivity index (χ3v) is 2.81. The average Bonchev–Trinajstić information content (AvgIpc) is 2.40. The molecule has 0 saturated carbocycles. The van der Waals surface area contributed by atoms with E-state index in [0.717, 1.165) is 25.8 Å². The van der Waals surface area contributed by atoms with E-state index < -0.39 is 0 Å². The zero-order valence-electron chi connectivity index (χ0n) is 9.90. The van der Waals surface area contributed by atoms with E-state index in [1.807, 2.05) is 0 Å². The second kappa shape index (κ2) is 5.63. The Morgan fingerprint density at radius 3 is 3.12 bits per heavy atom. The number of piperidine rings is 1. The first kappa shape index (κ1) is 11.9. The number of aromatic nitrogens is 1. The molecule has 1 aromatic heterocycles. The van der Waals surface area contributed by atoms with Crippen LogP contribution in [0, 0.1) is 0 Å². The van der Waals surface area contributed by atoms with Crippen molar-refractivity contribution in [2.24, 2.45) is 0 Å². The number of hydrogen-bond donors (Lipinski definition) is 2. The molecule has 92 valence electrons. The van der Waals surface area contributed by atoms with Gasteiger partial charge in [0.05, 0.1) is 13.2 Å². The SMILES string of the molecule is COc1cccc(NC(=O)C2CCCCN2)n1. The van der Waals surface area contributed by atoms with Crippen molar-refractivity contribution in [3.63, 3.8) is 0 Å². The maximum Gasteiger partial charge on any atom is 0.242 e. The molecule has 1 aliphatic heterocycles. The molecule has 1 aliphatic rings. The van der Waals surface area contributed by atoms with E-state index in [4.69, 9.17) is 4.74 Å². The Kier molecular flexibility index (Phi) is 3.93. The first-order valence-corrected chi connectivity index (χ1v) is 5.85. The molecule has 0 radical (unpaired) electrons. The molecule has 1 fully saturated rings. The third kappa shape index (κ3) is 3.17. The van der Waals surface area contributed by atoms with Gasteiger partial charge in [-0.05, 0) is 25.5 Å². The topological polar surface area (TPSA) is 63.2 Å². The van der Waals surface area contributed by atoms with Gasteiger partial charge in [-0.3, -0.25) is 4.79 Å². The molecular weight excluding hydrogens is 218 g/mol. The Morgan fingerprint density at radius 1 is 1.53 bits per heavy atom. The highest BCUT2D eigenvalue weighted by Gasteiger charge is 2.20. The van der Waals surface area contributed by atoms with Crippen LogP contribution in [0.5, 0.6) is 5.88 Å². The highest BCUT2D eigenvalue weighted by molar-refractivity contribution is 5.94. The summed E-state index contributed by atoms with van der Waals surface area (Å²) in [5, 5.41) is 5.99. The summed E-state index contributed by atoms with van der Waals surface area (Å²) in [6.07, 6.45) is 3.12. The zero-order chi connectivity index (χ0) is 12.1. The number of anilines is 1. The van der Waals surface area contributed by atoms with Gasteiger partial charge < -0.3 is 15.4 Å². The van der Waals surface area contributed by atoms with Gasteiger partial charge in [0, 0.05) is 6.07 Å². The zero-order valence-corrected chi connectivity index (χ0v) is 9.90. The van der Waals surface area contributed by atoms with Gasteiger partial charge in [-0.2, -0.15) is 4.98 Å². The van der Waals surface area contributed by atoms with Crippen LogP contribution < -0.4 is 15.4 Å². The fourth-order valence-electron chi connectivity index (χ4n) is 1.89. The van der Waals surface area contributed by atoms with Gasteiger partial charge in [0.2, 0.25) is 11.8 Å². The highest BCUT2D eigenvalue weighted by atomic mass is 16.5. The minimum Gasteiger partial charge on any atom is -0.481 e. The van der Waals surface area contributed by atoms with Crippen LogP contribution in [0.25, 0.3) is 0 Å². The lowest BCUT2D eigenvalue weighted by molar-refractivity contribution is -0.118. The summed E-state index contributed by atoms with van der Waals surface area (Å²) >= 11 is 0. The lowest BCUT2D eigenvalue weighted by atomic mass is 10.0. The summed E-state index contributed by atoms with van der Waals surface area (Å²) in [6, 6.07) is 5.20. The number of carbonyl (C=O) groups is 1. The second-order valence-electron chi connectivity index (χ2n) is 4.06. The summed E-state index contributed by atoms with van der Waals surface area (Å²) in [5.41, 5.74) is 0. The molecule has 0 aliphatic carbocycles. The average molecular weight is 235 g/mol. The van der Waals surface area contributed by atoms with E-state index >= 15 is 0 Å². The van der Waals surface area contributed by atoms with Crippen molar-refractivity contribution in [1.82, 2.24) is 10.3 Å². The van der Waals surface area contributed by atoms with Crippen LogP contribution in [0.1, 0.15) is 19.3 Å². The van der Waals surface area contributed by atoms with Crippen LogP contribution in [0.2, 0.25) is 0 Å². The van der Waals surface area contributed by atoms with Crippen molar-refractivity contribution < 1.29 is 9.53 Å². The largest absolute Gasteiger partial charge is 0.481 e. The van der Waals surface area contributed by atoms with Crippen molar-refractivity contribution in [2.75, 3.05) is 19.0 Å². The van der Waals surface area contributed by atoms with Crippen LogP contribution in [-0.2, 0) is 4.79 Å². The molecule has 5 nitrogen and oxygen atoms in total. The Hall–Kier alpha value is -1.62. The molecule has 2 rings (SSSR count). The summed E-state index contributed by atoms with van der Waals surface area (Å²) in [7, 11) is 1.55. The van der Waals surface area contributed by atoms with Crippen molar-refractivity contribution in [2.45, 2.75) is 25.3 Å². The quantitative estimate of drug-likeness (QED) is 0.825. The molecule has 1 atom stereocenters. The molecule has 1 amide bonds. The molecule has 0 bridgehead atoms. The van der Waals surface area contributed by atoms with Crippen molar-refractivity contribution in [3.05, 3.63) is 18.2 Å². The van der Waals surface area contributed by atoms with E-state index in [-0.39, 0.29) is 11.9 Å². The maximum absolute atomic E-state index is 11.9. The third-order valence-electron chi connectivity index (χ3n) is 2.81. The summed E-state index contributed by atoms with van der Waals surface area (Å²) in [6.45, 7) is 0.906. The molecule has 2 heterocycles. The Bertz CT molecular complexity index is 389. The van der Waals surface area contributed by atoms with E-state index in [9.17, 15) is 4.79 Å². The summed E-state index contributed by atoms with van der Waals surface area (Å²) in [4.78, 5) is 16.1. The lowest BCUT2D eigenvalue weighted by Crippen LogP contribution is -2.43. The van der Waals surface area contributed by atoms with E-state index in [1.165, 1.54) is 0 Å². The van der Waals surface area contributed by atoms with Gasteiger partial charge in [-0.15, -0.1) is 0 Å². The van der Waals surface area contributed by atoms with Gasteiger partial charge in [0.15, 0.2) is 0 Å². The number of amides is 1. The standard InChI is InChI=1S/C12H17N3O2/c1-17-11-7-4-6-10(14-11)15-12(16)9-5-2-3-8-13-9/h4,6-7,9,13H,2-3,5,8H2,1H3,(H,14,15,16). The number of carbonyl (C=O) groups excluding carboxylic acids is 1. The summed E-state index contributed by atoms with van der Waals surface area (Å²) < 4.78 is 5.00. The molecule has 0 aromatic carbocycles. The number of hydrogen-bond acceptors (Lipinski definition) is 4. The van der Waals surface area contributed by atoms with Gasteiger partial charge in [-0.25, -0.2) is 0 Å². The van der Waals surface area contributed by atoms with Crippen molar-refractivity contribution >= 4 is 11.7 Å². The van der Waals surface area contributed by atoms with Gasteiger partial charge in [0.1, 0.15) is 5.82 Å². The van der Waals surface area contributed by atoms with E-state index in [0.29, 0.717) is 11.7 Å². The fraction of sp³-hybridized carbons (Fsp3) is 0.500. The Balaban J connectivity index is 1.96. The molecule has 1 aromatic rings. The van der Waals surface area contributed by atoms with Gasteiger partial charge in [0.25, 0.3) is 0 Å². The molecule has 2 N–H and O–H groups in total. The first-order valence-electron chi connectivity index (χ1n) is 5.85. The minimum atomic E-state index is -0.100. The molecule has 17 heavy (non-hydrogen) atoms. The Morgan fingerprint density at radius 2 is 2.41 bits per heavy atom. The fourth-order valence-corrected chi connectivity index (χ4v) is 1.89. The van der Waals surface area contributed by atoms with E-state index in [1.54, 1.807) is 25.3 Å².